The molecule has 1 rings (SSSR count). The van der Waals surface area contributed by atoms with Crippen molar-refractivity contribution in [1.82, 2.24) is 4.90 Å². The largest absolute Gasteiger partial charge is 0.263 e. The van der Waals surface area contributed by atoms with E-state index < -0.39 is 0 Å². The van der Waals surface area contributed by atoms with Crippen LogP contribution >= 0.6 is 0 Å². The van der Waals surface area contributed by atoms with Crippen LogP contribution in [0.4, 0.5) is 0 Å². The first-order valence-electron chi connectivity index (χ1n) is 2.63. The van der Waals surface area contributed by atoms with Gasteiger partial charge in [0.2, 0.25) is 0 Å². The third kappa shape index (κ3) is 1.16. The van der Waals surface area contributed by atoms with E-state index in [9.17, 15) is 10.1 Å². The molecule has 0 N–H and O–H groups in total. The second-order valence-electron chi connectivity index (χ2n) is 1.95. The molecule has 0 aromatic rings. The second-order valence-corrected chi connectivity index (χ2v) is 1.95. The summed E-state index contributed by atoms with van der Waals surface area (Å²) in [6.45, 7) is 1.84. The number of rotatable bonds is 2. The number of nitro groups is 1. The Balaban J connectivity index is 2.09. The highest BCUT2D eigenvalue weighted by Gasteiger charge is 2.17. The average molecular weight is 116 g/mol. The Morgan fingerprint density at radius 1 is 1.62 bits per heavy atom. The molecule has 46 valence electrons. The van der Waals surface area contributed by atoms with Crippen LogP contribution in [0.5, 0.6) is 0 Å². The van der Waals surface area contributed by atoms with Gasteiger partial charge in [-0.2, -0.15) is 0 Å². The van der Waals surface area contributed by atoms with Crippen molar-refractivity contribution in [1.29, 1.82) is 0 Å². The molecular weight excluding hydrogens is 108 g/mol. The van der Waals surface area contributed by atoms with Gasteiger partial charge in [-0.05, 0) is 6.42 Å². The zero-order valence-electron chi connectivity index (χ0n) is 4.54. The highest BCUT2D eigenvalue weighted by molar-refractivity contribution is 4.63. The van der Waals surface area contributed by atoms with Crippen molar-refractivity contribution in [2.45, 2.75) is 6.42 Å². The highest BCUT2D eigenvalue weighted by Crippen LogP contribution is 2.03. The quantitative estimate of drug-likeness (QED) is 0.374. The molecular formula is C4H8N2O2. The van der Waals surface area contributed by atoms with E-state index in [2.05, 4.69) is 0 Å². The Labute approximate surface area is 47.2 Å². The lowest BCUT2D eigenvalue weighted by Gasteiger charge is -2.25. The molecule has 0 unspecified atom stereocenters. The van der Waals surface area contributed by atoms with E-state index in [1.165, 1.54) is 0 Å². The van der Waals surface area contributed by atoms with E-state index in [4.69, 9.17) is 0 Å². The molecule has 1 fully saturated rings. The predicted octanol–water partition coefficient (Wildman–Crippen LogP) is -0.0737. The van der Waals surface area contributed by atoms with Crippen molar-refractivity contribution in [3.63, 3.8) is 0 Å². The van der Waals surface area contributed by atoms with Crippen LogP contribution in [0.25, 0.3) is 0 Å². The van der Waals surface area contributed by atoms with Crippen LogP contribution in [0.2, 0.25) is 0 Å². The molecule has 1 saturated heterocycles. The van der Waals surface area contributed by atoms with Gasteiger partial charge in [0.15, 0.2) is 0 Å². The number of nitrogens with zero attached hydrogens (tertiary/aromatic N) is 2. The zero-order chi connectivity index (χ0) is 5.98. The fraction of sp³-hybridized carbons (Fsp3) is 1.00. The van der Waals surface area contributed by atoms with Gasteiger partial charge in [0, 0.05) is 18.0 Å². The Morgan fingerprint density at radius 2 is 2.25 bits per heavy atom. The molecule has 0 aromatic carbocycles. The minimum atomic E-state index is -0.292. The molecule has 8 heavy (non-hydrogen) atoms. The average Bonchev–Trinajstić information content (AvgIpc) is 1.55. The van der Waals surface area contributed by atoms with Crippen molar-refractivity contribution in [3.05, 3.63) is 10.1 Å². The van der Waals surface area contributed by atoms with E-state index in [-0.39, 0.29) is 11.6 Å². The van der Waals surface area contributed by atoms with E-state index >= 15 is 0 Å². The van der Waals surface area contributed by atoms with Crippen LogP contribution in [0.15, 0.2) is 0 Å². The van der Waals surface area contributed by atoms with Gasteiger partial charge in [-0.25, -0.2) is 4.90 Å². The lowest BCUT2D eigenvalue weighted by Crippen LogP contribution is -2.40. The summed E-state index contributed by atoms with van der Waals surface area (Å²) in [7, 11) is 0. The maximum atomic E-state index is 9.77. The third-order valence-corrected chi connectivity index (χ3v) is 1.26. The van der Waals surface area contributed by atoms with E-state index in [0.29, 0.717) is 0 Å². The van der Waals surface area contributed by atoms with Gasteiger partial charge >= 0.3 is 0 Å². The number of hydrogen-bond acceptors (Lipinski definition) is 3. The summed E-state index contributed by atoms with van der Waals surface area (Å²) >= 11 is 0. The summed E-state index contributed by atoms with van der Waals surface area (Å²) in [6, 6.07) is 0. The summed E-state index contributed by atoms with van der Waals surface area (Å²) in [4.78, 5) is 11.3. The van der Waals surface area contributed by atoms with Gasteiger partial charge in [-0.15, -0.1) is 0 Å². The number of hydrogen-bond donors (Lipinski definition) is 0. The predicted molar refractivity (Wildman–Crippen MR) is 28.1 cm³/mol. The summed E-state index contributed by atoms with van der Waals surface area (Å²) in [6.07, 6.45) is 1.12. The minimum absolute atomic E-state index is 0.0278. The molecule has 1 aliphatic rings. The molecule has 0 saturated carbocycles. The first kappa shape index (κ1) is 5.50. The third-order valence-electron chi connectivity index (χ3n) is 1.26. The maximum Gasteiger partial charge on any atom is 0.259 e. The molecule has 0 amide bonds. The molecule has 0 radical (unpaired) electrons. The topological polar surface area (TPSA) is 46.4 Å². The standard InChI is InChI=1S/C4H8N2O2/c7-6(8)4-5-2-1-3-5/h1-4H2. The minimum Gasteiger partial charge on any atom is -0.263 e. The summed E-state index contributed by atoms with van der Waals surface area (Å²) in [5.41, 5.74) is 0. The smallest absolute Gasteiger partial charge is 0.259 e. The molecule has 1 aliphatic heterocycles. The Bertz CT molecular complexity index is 100. The van der Waals surface area contributed by atoms with Gasteiger partial charge in [0.1, 0.15) is 0 Å². The van der Waals surface area contributed by atoms with Crippen molar-refractivity contribution in [2.75, 3.05) is 19.8 Å². The van der Waals surface area contributed by atoms with Gasteiger partial charge in [0.25, 0.3) is 6.67 Å². The van der Waals surface area contributed by atoms with Crippen LogP contribution in [0.1, 0.15) is 6.42 Å². The molecule has 4 heteroatoms. The SMILES string of the molecule is O=[N+]([O-])CN1CCC1. The number of likely N-dealkylation sites (tertiary alicyclic amines) is 1. The first-order valence-corrected chi connectivity index (χ1v) is 2.63. The monoisotopic (exact) mass is 116 g/mol. The maximum absolute atomic E-state index is 9.77. The van der Waals surface area contributed by atoms with E-state index in [0.717, 1.165) is 19.5 Å². The van der Waals surface area contributed by atoms with Crippen LogP contribution in [-0.4, -0.2) is 29.6 Å². The van der Waals surface area contributed by atoms with Crippen molar-refractivity contribution in [3.8, 4) is 0 Å². The van der Waals surface area contributed by atoms with Gasteiger partial charge < -0.3 is 0 Å². The first-order chi connectivity index (χ1) is 3.79. The van der Waals surface area contributed by atoms with Gasteiger partial charge in [0.05, 0.1) is 0 Å². The summed E-state index contributed by atoms with van der Waals surface area (Å²) in [5.74, 6) is 0. The van der Waals surface area contributed by atoms with E-state index in [1.807, 2.05) is 0 Å². The Kier molecular flexibility index (Phi) is 1.43. The fourth-order valence-electron chi connectivity index (χ4n) is 0.686. The lowest BCUT2D eigenvalue weighted by atomic mass is 10.2. The van der Waals surface area contributed by atoms with Crippen LogP contribution in [0, 0.1) is 10.1 Å². The molecule has 0 aromatic heterocycles. The summed E-state index contributed by atoms with van der Waals surface area (Å²) in [5, 5.41) is 9.77. The highest BCUT2D eigenvalue weighted by atomic mass is 16.6. The van der Waals surface area contributed by atoms with Crippen molar-refractivity contribution >= 4 is 0 Å². The molecule has 4 nitrogen and oxygen atoms in total. The molecule has 1 heterocycles. The molecule has 0 bridgehead atoms. The lowest BCUT2D eigenvalue weighted by molar-refractivity contribution is -0.507. The normalized spacial score (nSPS) is 20.0. The summed E-state index contributed by atoms with van der Waals surface area (Å²) < 4.78 is 0. The fourth-order valence-corrected chi connectivity index (χ4v) is 0.686. The van der Waals surface area contributed by atoms with E-state index in [1.54, 1.807) is 4.90 Å². The Morgan fingerprint density at radius 3 is 2.38 bits per heavy atom. The second kappa shape index (κ2) is 2.09. The van der Waals surface area contributed by atoms with Gasteiger partial charge in [-0.1, -0.05) is 0 Å². The molecule has 0 atom stereocenters. The van der Waals surface area contributed by atoms with Gasteiger partial charge in [-0.3, -0.25) is 10.1 Å². The van der Waals surface area contributed by atoms with Crippen LogP contribution < -0.4 is 0 Å². The van der Waals surface area contributed by atoms with Crippen molar-refractivity contribution < 1.29 is 4.92 Å². The van der Waals surface area contributed by atoms with Crippen LogP contribution in [0.3, 0.4) is 0 Å². The molecule has 0 spiro atoms. The zero-order valence-corrected chi connectivity index (χ0v) is 4.54. The Hall–Kier alpha value is -0.640. The molecule has 0 aliphatic carbocycles. The van der Waals surface area contributed by atoms with Crippen LogP contribution in [-0.2, 0) is 0 Å². The van der Waals surface area contributed by atoms with Crippen molar-refractivity contribution in [2.24, 2.45) is 0 Å².